The Labute approximate surface area is 124 Å². The van der Waals surface area contributed by atoms with Crippen LogP contribution in [0.1, 0.15) is 18.1 Å². The van der Waals surface area contributed by atoms with Gasteiger partial charge >= 0.3 is 6.03 Å². The number of aryl methyl sites for hydroxylation is 2. The summed E-state index contributed by atoms with van der Waals surface area (Å²) in [5, 5.41) is 6.34. The number of benzene rings is 2. The van der Waals surface area contributed by atoms with Gasteiger partial charge in [0.1, 0.15) is 0 Å². The zero-order valence-electron chi connectivity index (χ0n) is 11.5. The number of urea groups is 1. The quantitative estimate of drug-likeness (QED) is 0.832. The van der Waals surface area contributed by atoms with Crippen molar-refractivity contribution in [3.8, 4) is 0 Å². The molecule has 104 valence electrons. The lowest BCUT2D eigenvalue weighted by atomic mass is 10.1. The molecule has 20 heavy (non-hydrogen) atoms. The van der Waals surface area contributed by atoms with E-state index in [1.54, 1.807) is 24.3 Å². The van der Waals surface area contributed by atoms with E-state index in [0.29, 0.717) is 10.7 Å². The van der Waals surface area contributed by atoms with Crippen molar-refractivity contribution >= 4 is 29.0 Å². The molecule has 0 saturated heterocycles. The second-order valence-corrected chi connectivity index (χ2v) is 4.99. The minimum Gasteiger partial charge on any atom is -0.308 e. The van der Waals surface area contributed by atoms with Crippen molar-refractivity contribution in [2.75, 3.05) is 10.6 Å². The first-order valence-corrected chi connectivity index (χ1v) is 6.90. The van der Waals surface area contributed by atoms with Crippen molar-refractivity contribution in [3.63, 3.8) is 0 Å². The van der Waals surface area contributed by atoms with Crippen LogP contribution in [0.5, 0.6) is 0 Å². The summed E-state index contributed by atoms with van der Waals surface area (Å²) in [7, 11) is 0. The molecular weight excluding hydrogens is 272 g/mol. The Morgan fingerprint density at radius 1 is 1.10 bits per heavy atom. The van der Waals surface area contributed by atoms with E-state index in [4.69, 9.17) is 11.6 Å². The summed E-state index contributed by atoms with van der Waals surface area (Å²) in [4.78, 5) is 12.0. The molecule has 2 aromatic rings. The van der Waals surface area contributed by atoms with Crippen LogP contribution in [0.3, 0.4) is 0 Å². The standard InChI is InChI=1S/C16H17ClN2O/c1-3-12-6-4-5-11(2)15(12)19-16(20)18-14-9-7-13(17)8-10-14/h4-10H,3H2,1-2H3,(H2,18,19,20). The second-order valence-electron chi connectivity index (χ2n) is 4.55. The van der Waals surface area contributed by atoms with Crippen molar-refractivity contribution < 1.29 is 4.79 Å². The summed E-state index contributed by atoms with van der Waals surface area (Å²) in [5.74, 6) is 0. The van der Waals surface area contributed by atoms with Gasteiger partial charge in [0.15, 0.2) is 0 Å². The van der Waals surface area contributed by atoms with Gasteiger partial charge in [-0.05, 0) is 48.7 Å². The molecule has 0 unspecified atom stereocenters. The molecule has 0 aliphatic carbocycles. The predicted octanol–water partition coefficient (Wildman–Crippen LogP) is 4.85. The number of halogens is 1. The Morgan fingerprint density at radius 3 is 2.45 bits per heavy atom. The molecule has 2 amide bonds. The summed E-state index contributed by atoms with van der Waals surface area (Å²) in [6, 6.07) is 12.8. The van der Waals surface area contributed by atoms with Crippen molar-refractivity contribution in [2.45, 2.75) is 20.3 Å². The highest BCUT2D eigenvalue weighted by atomic mass is 35.5. The zero-order chi connectivity index (χ0) is 14.5. The van der Waals surface area contributed by atoms with Gasteiger partial charge in [-0.1, -0.05) is 36.7 Å². The Balaban J connectivity index is 2.10. The van der Waals surface area contributed by atoms with Crippen molar-refractivity contribution in [2.24, 2.45) is 0 Å². The topological polar surface area (TPSA) is 41.1 Å². The summed E-state index contributed by atoms with van der Waals surface area (Å²) in [5.41, 5.74) is 3.76. The zero-order valence-corrected chi connectivity index (χ0v) is 12.3. The Kier molecular flexibility index (Phi) is 4.64. The first kappa shape index (κ1) is 14.4. The van der Waals surface area contributed by atoms with Crippen LogP contribution < -0.4 is 10.6 Å². The third-order valence-corrected chi connectivity index (χ3v) is 3.33. The SMILES string of the molecule is CCc1cccc(C)c1NC(=O)Nc1ccc(Cl)cc1. The van der Waals surface area contributed by atoms with Crippen LogP contribution in [-0.4, -0.2) is 6.03 Å². The molecule has 0 aliphatic rings. The third-order valence-electron chi connectivity index (χ3n) is 3.08. The minimum atomic E-state index is -0.253. The second kappa shape index (κ2) is 6.44. The van der Waals surface area contributed by atoms with Gasteiger partial charge in [0.05, 0.1) is 0 Å². The lowest BCUT2D eigenvalue weighted by Crippen LogP contribution is -2.20. The van der Waals surface area contributed by atoms with Crippen LogP contribution in [0.2, 0.25) is 5.02 Å². The van der Waals surface area contributed by atoms with Crippen molar-refractivity contribution in [1.29, 1.82) is 0 Å². The molecule has 0 fully saturated rings. The van der Waals surface area contributed by atoms with Crippen LogP contribution in [0.4, 0.5) is 16.2 Å². The number of para-hydroxylation sites is 1. The Hall–Kier alpha value is -2.00. The van der Waals surface area contributed by atoms with E-state index in [1.165, 1.54) is 0 Å². The van der Waals surface area contributed by atoms with Gasteiger partial charge in [0, 0.05) is 16.4 Å². The van der Waals surface area contributed by atoms with E-state index in [2.05, 4.69) is 17.6 Å². The molecule has 0 aromatic heterocycles. The van der Waals surface area contributed by atoms with E-state index >= 15 is 0 Å². The highest BCUT2D eigenvalue weighted by Crippen LogP contribution is 2.21. The van der Waals surface area contributed by atoms with Crippen LogP contribution in [-0.2, 0) is 6.42 Å². The first-order chi connectivity index (χ1) is 9.60. The van der Waals surface area contributed by atoms with Crippen molar-refractivity contribution in [1.82, 2.24) is 0 Å². The van der Waals surface area contributed by atoms with Crippen LogP contribution in [0.25, 0.3) is 0 Å². The molecule has 0 bridgehead atoms. The number of nitrogens with one attached hydrogen (secondary N) is 2. The van der Waals surface area contributed by atoms with E-state index in [0.717, 1.165) is 23.2 Å². The van der Waals surface area contributed by atoms with Gasteiger partial charge in [-0.2, -0.15) is 0 Å². The summed E-state index contributed by atoms with van der Waals surface area (Å²) < 4.78 is 0. The van der Waals surface area contributed by atoms with Gasteiger partial charge in [-0.25, -0.2) is 4.79 Å². The first-order valence-electron chi connectivity index (χ1n) is 6.52. The molecule has 0 spiro atoms. The number of hydrogen-bond acceptors (Lipinski definition) is 1. The average Bonchev–Trinajstić information content (AvgIpc) is 2.43. The van der Waals surface area contributed by atoms with Gasteiger partial charge in [-0.15, -0.1) is 0 Å². The van der Waals surface area contributed by atoms with E-state index in [-0.39, 0.29) is 6.03 Å². The molecule has 2 N–H and O–H groups in total. The predicted molar refractivity (Wildman–Crippen MR) is 84.7 cm³/mol. The van der Waals surface area contributed by atoms with Gasteiger partial charge in [-0.3, -0.25) is 0 Å². The van der Waals surface area contributed by atoms with E-state index in [9.17, 15) is 4.79 Å². The smallest absolute Gasteiger partial charge is 0.308 e. The maximum Gasteiger partial charge on any atom is 0.323 e. The minimum absolute atomic E-state index is 0.253. The molecule has 4 heteroatoms. The Morgan fingerprint density at radius 2 is 1.80 bits per heavy atom. The number of amides is 2. The van der Waals surface area contributed by atoms with E-state index in [1.807, 2.05) is 25.1 Å². The summed E-state index contributed by atoms with van der Waals surface area (Å²) in [6.07, 6.45) is 0.873. The maximum atomic E-state index is 12.0. The summed E-state index contributed by atoms with van der Waals surface area (Å²) in [6.45, 7) is 4.05. The fourth-order valence-corrected chi connectivity index (χ4v) is 2.14. The third kappa shape index (κ3) is 3.52. The van der Waals surface area contributed by atoms with Gasteiger partial charge in [0.2, 0.25) is 0 Å². The number of rotatable bonds is 3. The summed E-state index contributed by atoms with van der Waals surface area (Å²) >= 11 is 5.81. The molecule has 3 nitrogen and oxygen atoms in total. The molecule has 2 aromatic carbocycles. The molecule has 0 atom stereocenters. The number of carbonyl (C=O) groups excluding carboxylic acids is 1. The largest absolute Gasteiger partial charge is 0.323 e. The van der Waals surface area contributed by atoms with Crippen LogP contribution in [0, 0.1) is 6.92 Å². The number of carbonyl (C=O) groups is 1. The number of anilines is 2. The lowest BCUT2D eigenvalue weighted by molar-refractivity contribution is 0.262. The fourth-order valence-electron chi connectivity index (χ4n) is 2.01. The fraction of sp³-hybridized carbons (Fsp3) is 0.188. The maximum absolute atomic E-state index is 12.0. The molecule has 0 radical (unpaired) electrons. The number of hydrogen-bond donors (Lipinski definition) is 2. The Bertz CT molecular complexity index is 608. The monoisotopic (exact) mass is 288 g/mol. The highest BCUT2D eigenvalue weighted by Gasteiger charge is 2.08. The van der Waals surface area contributed by atoms with Gasteiger partial charge < -0.3 is 10.6 Å². The van der Waals surface area contributed by atoms with Crippen LogP contribution >= 0.6 is 11.6 Å². The molecule has 0 aliphatic heterocycles. The highest BCUT2D eigenvalue weighted by molar-refractivity contribution is 6.30. The van der Waals surface area contributed by atoms with Crippen molar-refractivity contribution in [3.05, 3.63) is 58.6 Å². The lowest BCUT2D eigenvalue weighted by Gasteiger charge is -2.13. The molecule has 0 heterocycles. The normalized spacial score (nSPS) is 10.2. The van der Waals surface area contributed by atoms with Crippen LogP contribution in [0.15, 0.2) is 42.5 Å². The molecular formula is C16H17ClN2O. The molecule has 2 rings (SSSR count). The van der Waals surface area contributed by atoms with E-state index < -0.39 is 0 Å². The average molecular weight is 289 g/mol. The van der Waals surface area contributed by atoms with Gasteiger partial charge in [0.25, 0.3) is 0 Å². The molecule has 0 saturated carbocycles.